The molecule has 0 atom stereocenters. The minimum atomic E-state index is 0.754. The highest BCUT2D eigenvalue weighted by Crippen LogP contribution is 2.39. The zero-order valence-corrected chi connectivity index (χ0v) is 23.2. The summed E-state index contributed by atoms with van der Waals surface area (Å²) >= 11 is 3.60. The second-order valence-electron chi connectivity index (χ2n) is 9.94. The molecule has 0 radical (unpaired) electrons. The summed E-state index contributed by atoms with van der Waals surface area (Å²) in [6.45, 7) is 9.73. The van der Waals surface area contributed by atoms with Crippen molar-refractivity contribution in [3.05, 3.63) is 75.0 Å². The van der Waals surface area contributed by atoms with E-state index in [1.807, 2.05) is 11.8 Å². The number of morpholine rings is 1. The second kappa shape index (κ2) is 10.9. The molecule has 4 heterocycles. The summed E-state index contributed by atoms with van der Waals surface area (Å²) in [5.41, 5.74) is 6.97. The topological polar surface area (TPSA) is 40.7 Å². The molecule has 5 nitrogen and oxygen atoms in total. The zero-order valence-electron chi connectivity index (χ0n) is 21.6. The highest BCUT2D eigenvalue weighted by Gasteiger charge is 2.33. The Morgan fingerprint density at radius 3 is 2.19 bits per heavy atom. The van der Waals surface area contributed by atoms with E-state index in [1.165, 1.54) is 45.7 Å². The molecular formula is C30H33N4OS2+. The van der Waals surface area contributed by atoms with Gasteiger partial charge in [0.25, 0.3) is 0 Å². The van der Waals surface area contributed by atoms with E-state index >= 15 is 0 Å². The summed E-state index contributed by atoms with van der Waals surface area (Å²) in [7, 11) is 0. The number of nitrogens with zero attached hydrogens (tertiary/aromatic N) is 4. The molecule has 3 aromatic rings. The largest absolute Gasteiger partial charge is 0.378 e. The van der Waals surface area contributed by atoms with Crippen LogP contribution in [0.3, 0.4) is 0 Å². The van der Waals surface area contributed by atoms with Crippen molar-refractivity contribution < 1.29 is 9.31 Å². The Hall–Kier alpha value is -2.74. The van der Waals surface area contributed by atoms with E-state index in [0.29, 0.717) is 0 Å². The first kappa shape index (κ1) is 24.6. The number of hydrogen-bond donors (Lipinski definition) is 0. The predicted octanol–water partition coefficient (Wildman–Crippen LogP) is 6.39. The van der Waals surface area contributed by atoms with E-state index in [4.69, 9.17) is 14.7 Å². The molecule has 2 saturated heterocycles. The van der Waals surface area contributed by atoms with Gasteiger partial charge < -0.3 is 9.64 Å². The number of allylic oxidation sites excluding steroid dienone is 1. The zero-order chi connectivity index (χ0) is 25.2. The number of aliphatic imine (C=N–C) groups is 1. The van der Waals surface area contributed by atoms with Crippen LogP contribution in [0.25, 0.3) is 17.3 Å². The number of anilines is 1. The molecule has 1 aromatic heterocycles. The number of benzene rings is 2. The minimum Gasteiger partial charge on any atom is -0.378 e. The predicted molar refractivity (Wildman–Crippen MR) is 157 cm³/mol. The lowest BCUT2D eigenvalue weighted by molar-refractivity contribution is -0.535. The van der Waals surface area contributed by atoms with Crippen molar-refractivity contribution in [2.24, 2.45) is 4.99 Å². The first-order valence-electron chi connectivity index (χ1n) is 13.2. The number of aromatic nitrogens is 1. The van der Waals surface area contributed by atoms with Crippen LogP contribution in [0.15, 0.2) is 58.4 Å². The molecule has 0 spiro atoms. The van der Waals surface area contributed by atoms with Gasteiger partial charge >= 0.3 is 5.17 Å². The maximum absolute atomic E-state index is 5.60. The van der Waals surface area contributed by atoms with Gasteiger partial charge in [-0.3, -0.25) is 4.58 Å². The standard InChI is InChI=1S/C30H33N4OS2/c1-21-6-10-23(11-7-21)27-25(36-29(31-27)33-14-4-3-5-15-33)20-26-28(24-12-8-22(2)9-13-24)32-30(37-26)34-16-18-35-19-17-34/h6-13,20H,3-5,14-19H2,1-2H3/q+1. The van der Waals surface area contributed by atoms with Crippen LogP contribution < -0.4 is 4.90 Å². The lowest BCUT2D eigenvalue weighted by atomic mass is 10.1. The summed E-state index contributed by atoms with van der Waals surface area (Å²) in [5, 5.41) is 2.21. The number of hydrogen-bond acceptors (Lipinski definition) is 5. The Balaban J connectivity index is 1.44. The molecule has 6 rings (SSSR count). The van der Waals surface area contributed by atoms with E-state index in [2.05, 4.69) is 77.9 Å². The third-order valence-corrected chi connectivity index (χ3v) is 9.23. The van der Waals surface area contributed by atoms with Gasteiger partial charge in [0.1, 0.15) is 0 Å². The Labute approximate surface area is 227 Å². The van der Waals surface area contributed by atoms with Crippen molar-refractivity contribution in [2.75, 3.05) is 44.3 Å². The van der Waals surface area contributed by atoms with Crippen LogP contribution in [-0.2, 0) is 4.74 Å². The van der Waals surface area contributed by atoms with Crippen molar-refractivity contribution in [3.8, 4) is 11.3 Å². The Bertz CT molecular complexity index is 1360. The number of piperidine rings is 1. The molecule has 3 aliphatic rings. The van der Waals surface area contributed by atoms with Gasteiger partial charge in [0.05, 0.1) is 41.8 Å². The summed E-state index contributed by atoms with van der Waals surface area (Å²) in [6, 6.07) is 17.5. The van der Waals surface area contributed by atoms with Crippen molar-refractivity contribution in [3.63, 3.8) is 0 Å². The van der Waals surface area contributed by atoms with Crippen molar-refractivity contribution in [2.45, 2.75) is 33.1 Å². The monoisotopic (exact) mass is 529 g/mol. The molecule has 37 heavy (non-hydrogen) atoms. The molecular weight excluding hydrogens is 496 g/mol. The van der Waals surface area contributed by atoms with Gasteiger partial charge in [-0.1, -0.05) is 71.0 Å². The van der Waals surface area contributed by atoms with Crippen LogP contribution in [0.5, 0.6) is 0 Å². The molecule has 7 heteroatoms. The highest BCUT2D eigenvalue weighted by atomic mass is 32.2. The van der Waals surface area contributed by atoms with Crippen LogP contribution in [0.2, 0.25) is 0 Å². The number of thiazole rings is 1. The van der Waals surface area contributed by atoms with Gasteiger partial charge in [0, 0.05) is 36.0 Å². The van der Waals surface area contributed by atoms with Gasteiger partial charge in [-0.2, -0.15) is 0 Å². The highest BCUT2D eigenvalue weighted by molar-refractivity contribution is 8.18. The Kier molecular flexibility index (Phi) is 7.27. The van der Waals surface area contributed by atoms with E-state index < -0.39 is 0 Å². The maximum atomic E-state index is 5.60. The van der Waals surface area contributed by atoms with Crippen molar-refractivity contribution >= 4 is 45.2 Å². The summed E-state index contributed by atoms with van der Waals surface area (Å²) in [6.07, 6.45) is 6.13. The normalized spacial score (nSPS) is 19.6. The molecule has 0 N–H and O–H groups in total. The summed E-state index contributed by atoms with van der Waals surface area (Å²) in [4.78, 5) is 15.1. The molecule has 2 fully saturated rings. The van der Waals surface area contributed by atoms with Gasteiger partial charge in [-0.25, -0.2) is 4.98 Å². The van der Waals surface area contributed by atoms with E-state index in [0.717, 1.165) is 66.7 Å². The molecule has 2 aromatic carbocycles. The molecule has 0 bridgehead atoms. The van der Waals surface area contributed by atoms with Gasteiger partial charge in [-0.15, -0.1) is 0 Å². The molecule has 0 aliphatic carbocycles. The lowest BCUT2D eigenvalue weighted by Crippen LogP contribution is -2.36. The van der Waals surface area contributed by atoms with E-state index in [1.54, 1.807) is 11.3 Å². The second-order valence-corrected chi connectivity index (χ2v) is 12.0. The number of aryl methyl sites for hydroxylation is 2. The van der Waals surface area contributed by atoms with Crippen LogP contribution in [0, 0.1) is 13.8 Å². The molecule has 0 saturated carbocycles. The number of rotatable bonds is 4. The quantitative estimate of drug-likeness (QED) is 0.367. The summed E-state index contributed by atoms with van der Waals surface area (Å²) in [5.74, 6) is 0. The fourth-order valence-electron chi connectivity index (χ4n) is 4.90. The third-order valence-electron chi connectivity index (χ3n) is 7.10. The van der Waals surface area contributed by atoms with Crippen molar-refractivity contribution in [1.82, 2.24) is 4.98 Å². The number of thioether (sulfide) groups is 1. The Morgan fingerprint density at radius 1 is 0.865 bits per heavy atom. The Morgan fingerprint density at radius 2 is 1.51 bits per heavy atom. The fourth-order valence-corrected chi connectivity index (χ4v) is 7.14. The molecule has 190 valence electrons. The maximum Gasteiger partial charge on any atom is 0.360 e. The SMILES string of the molecule is Cc1ccc(C2=NC(=[N+]3CCCCC3)S/C2=C\c2sc(N3CCOCC3)nc2-c2ccc(C)cc2)cc1. The number of ether oxygens (including phenoxy) is 1. The minimum absolute atomic E-state index is 0.754. The average molecular weight is 530 g/mol. The van der Waals surface area contributed by atoms with Crippen LogP contribution in [-0.4, -0.2) is 59.8 Å². The van der Waals surface area contributed by atoms with Gasteiger partial charge in [0.2, 0.25) is 0 Å². The molecule has 3 aliphatic heterocycles. The first-order valence-corrected chi connectivity index (χ1v) is 14.9. The number of amidine groups is 1. The summed E-state index contributed by atoms with van der Waals surface area (Å²) < 4.78 is 8.07. The van der Waals surface area contributed by atoms with Gasteiger partial charge in [-0.05, 0) is 44.2 Å². The van der Waals surface area contributed by atoms with Crippen LogP contribution in [0.1, 0.15) is 40.8 Å². The fraction of sp³-hybridized carbons (Fsp3) is 0.367. The van der Waals surface area contributed by atoms with Crippen LogP contribution >= 0.6 is 23.1 Å². The van der Waals surface area contributed by atoms with E-state index in [-0.39, 0.29) is 0 Å². The average Bonchev–Trinajstić information content (AvgIpc) is 3.56. The van der Waals surface area contributed by atoms with Gasteiger partial charge in [0.15, 0.2) is 10.8 Å². The smallest absolute Gasteiger partial charge is 0.360 e. The third kappa shape index (κ3) is 5.44. The molecule has 0 unspecified atom stereocenters. The lowest BCUT2D eigenvalue weighted by Gasteiger charge is -2.26. The van der Waals surface area contributed by atoms with Crippen LogP contribution in [0.4, 0.5) is 5.13 Å². The molecule has 0 amide bonds. The van der Waals surface area contributed by atoms with Crippen molar-refractivity contribution in [1.29, 1.82) is 0 Å². The van der Waals surface area contributed by atoms with E-state index in [9.17, 15) is 0 Å². The first-order chi connectivity index (χ1) is 18.1.